The van der Waals surface area contributed by atoms with Gasteiger partial charge in [0.25, 0.3) is 0 Å². The third-order valence-electron chi connectivity index (χ3n) is 6.33. The van der Waals surface area contributed by atoms with Gasteiger partial charge in [0.1, 0.15) is 5.78 Å². The van der Waals surface area contributed by atoms with E-state index < -0.39 is 5.41 Å². The second kappa shape index (κ2) is 4.31. The molecule has 0 aromatic carbocycles. The van der Waals surface area contributed by atoms with Gasteiger partial charge >= 0.3 is 5.97 Å². The lowest BCUT2D eigenvalue weighted by atomic mass is 9.45. The van der Waals surface area contributed by atoms with Gasteiger partial charge in [0.15, 0.2) is 0 Å². The number of methoxy groups -OCH3 is 1. The van der Waals surface area contributed by atoms with Crippen molar-refractivity contribution in [2.45, 2.75) is 65.1 Å². The summed E-state index contributed by atoms with van der Waals surface area (Å²) in [5.74, 6) is 0.135. The van der Waals surface area contributed by atoms with E-state index in [0.717, 1.165) is 19.3 Å². The first kappa shape index (κ1) is 15.0. The van der Waals surface area contributed by atoms with Crippen molar-refractivity contribution >= 4 is 11.8 Å². The van der Waals surface area contributed by atoms with Gasteiger partial charge in [-0.2, -0.15) is 0 Å². The first-order valence-electron chi connectivity index (χ1n) is 7.95. The molecule has 3 aliphatic carbocycles. The number of Topliss-reactive ketones (excluding diaryl/α,β-unsaturated/α-hetero) is 1. The lowest BCUT2D eigenvalue weighted by Crippen LogP contribution is -2.59. The molecule has 3 saturated carbocycles. The fourth-order valence-electron chi connectivity index (χ4n) is 4.88. The summed E-state index contributed by atoms with van der Waals surface area (Å²) in [5, 5.41) is 0. The molecule has 0 spiro atoms. The Balaban J connectivity index is 1.91. The third-order valence-corrected chi connectivity index (χ3v) is 6.33. The van der Waals surface area contributed by atoms with Crippen LogP contribution in [-0.2, 0) is 19.1 Å². The summed E-state index contributed by atoms with van der Waals surface area (Å²) < 4.78 is 10.7. The number of carbonyl (C=O) groups excluding carboxylic acids is 2. The smallest absolute Gasteiger partial charge is 0.309 e. The van der Waals surface area contributed by atoms with E-state index in [2.05, 4.69) is 13.8 Å². The van der Waals surface area contributed by atoms with Gasteiger partial charge in [0.05, 0.1) is 24.7 Å². The average molecular weight is 294 g/mol. The molecule has 0 aromatic rings. The van der Waals surface area contributed by atoms with Crippen molar-refractivity contribution < 1.29 is 19.1 Å². The average Bonchev–Trinajstić information content (AvgIpc) is 3.01. The Labute approximate surface area is 126 Å². The normalized spacial score (nSPS) is 47.3. The second-order valence-corrected chi connectivity index (χ2v) is 8.20. The molecule has 1 saturated heterocycles. The number of hydrogen-bond donors (Lipinski definition) is 0. The predicted octanol–water partition coefficient (Wildman–Crippen LogP) is 2.74. The molecule has 2 unspecified atom stereocenters. The molecular formula is C17H26O4. The second-order valence-electron chi connectivity index (χ2n) is 8.20. The Bertz CT molecular complexity index is 497. The van der Waals surface area contributed by atoms with E-state index in [-0.39, 0.29) is 34.9 Å². The van der Waals surface area contributed by atoms with Gasteiger partial charge in [-0.25, -0.2) is 0 Å². The van der Waals surface area contributed by atoms with E-state index in [9.17, 15) is 9.59 Å². The van der Waals surface area contributed by atoms with Crippen LogP contribution in [0.2, 0.25) is 0 Å². The van der Waals surface area contributed by atoms with Crippen LogP contribution in [0.1, 0.15) is 53.4 Å². The molecule has 2 bridgehead atoms. The number of rotatable bonds is 3. The molecule has 4 fully saturated rings. The van der Waals surface area contributed by atoms with Gasteiger partial charge in [0, 0.05) is 10.8 Å². The number of ketones is 1. The molecule has 4 nitrogen and oxygen atoms in total. The van der Waals surface area contributed by atoms with Crippen molar-refractivity contribution in [3.05, 3.63) is 0 Å². The SMILES string of the molecule is COC(=O)C1C[C@@]2(C)CC[C@@H]1[C@@](C)(CC1OC1(C)C)C2=O. The first-order chi connectivity index (χ1) is 9.64. The molecule has 4 aliphatic rings. The molecule has 1 aliphatic heterocycles. The van der Waals surface area contributed by atoms with Gasteiger partial charge < -0.3 is 9.47 Å². The van der Waals surface area contributed by atoms with Crippen LogP contribution < -0.4 is 0 Å². The third kappa shape index (κ3) is 2.06. The van der Waals surface area contributed by atoms with Gasteiger partial charge in [-0.15, -0.1) is 0 Å². The van der Waals surface area contributed by atoms with Crippen LogP contribution in [-0.4, -0.2) is 30.6 Å². The standard InChI is InChI=1S/C17H26O4/c1-15(2)12(21-15)9-17(4)11-6-7-16(3,14(17)19)8-10(11)13(18)20-5/h10-12H,6-9H2,1-5H3/t10?,11-,12?,16+,17+/m0/s1. The molecule has 0 radical (unpaired) electrons. The maximum Gasteiger partial charge on any atom is 0.309 e. The minimum absolute atomic E-state index is 0.0966. The van der Waals surface area contributed by atoms with Crippen molar-refractivity contribution in [3.63, 3.8) is 0 Å². The minimum Gasteiger partial charge on any atom is -0.469 e. The largest absolute Gasteiger partial charge is 0.469 e. The van der Waals surface area contributed by atoms with Crippen molar-refractivity contribution in [3.8, 4) is 0 Å². The van der Waals surface area contributed by atoms with Gasteiger partial charge in [-0.1, -0.05) is 13.8 Å². The zero-order chi connectivity index (χ0) is 15.6. The summed E-state index contributed by atoms with van der Waals surface area (Å²) in [4.78, 5) is 25.2. The highest BCUT2D eigenvalue weighted by Gasteiger charge is 2.65. The van der Waals surface area contributed by atoms with Crippen LogP contribution in [0, 0.1) is 22.7 Å². The number of hydrogen-bond acceptors (Lipinski definition) is 4. The Morgan fingerprint density at radius 3 is 2.48 bits per heavy atom. The molecule has 0 aromatic heterocycles. The summed E-state index contributed by atoms with van der Waals surface area (Å²) in [6.45, 7) is 8.19. The molecule has 4 heteroatoms. The van der Waals surface area contributed by atoms with Crippen LogP contribution in [0.5, 0.6) is 0 Å². The van der Waals surface area contributed by atoms with E-state index in [4.69, 9.17) is 9.47 Å². The summed E-state index contributed by atoms with van der Waals surface area (Å²) >= 11 is 0. The number of carbonyl (C=O) groups is 2. The topological polar surface area (TPSA) is 55.9 Å². The van der Waals surface area contributed by atoms with Crippen LogP contribution in [0.3, 0.4) is 0 Å². The van der Waals surface area contributed by atoms with Crippen molar-refractivity contribution in [1.29, 1.82) is 0 Å². The summed E-state index contributed by atoms with van der Waals surface area (Å²) in [6.07, 6.45) is 3.34. The lowest BCUT2D eigenvalue weighted by Gasteiger charge is -2.56. The maximum atomic E-state index is 13.1. The molecule has 0 amide bonds. The van der Waals surface area contributed by atoms with Crippen LogP contribution in [0.15, 0.2) is 0 Å². The minimum atomic E-state index is -0.456. The van der Waals surface area contributed by atoms with E-state index in [1.165, 1.54) is 7.11 Å². The monoisotopic (exact) mass is 294 g/mol. The highest BCUT2D eigenvalue weighted by molar-refractivity contribution is 5.94. The highest BCUT2D eigenvalue weighted by Crippen LogP contribution is 2.62. The maximum absolute atomic E-state index is 13.1. The van der Waals surface area contributed by atoms with Gasteiger partial charge in [-0.3, -0.25) is 9.59 Å². The molecular weight excluding hydrogens is 268 g/mol. The fourth-order valence-corrected chi connectivity index (χ4v) is 4.88. The van der Waals surface area contributed by atoms with Gasteiger partial charge in [0.2, 0.25) is 0 Å². The molecule has 0 N–H and O–H groups in total. The molecule has 21 heavy (non-hydrogen) atoms. The predicted molar refractivity (Wildman–Crippen MR) is 77.6 cm³/mol. The first-order valence-corrected chi connectivity index (χ1v) is 7.95. The van der Waals surface area contributed by atoms with E-state index in [1.54, 1.807) is 0 Å². The van der Waals surface area contributed by atoms with Crippen LogP contribution >= 0.6 is 0 Å². The number of fused-ring (bicyclic) bond motifs is 3. The Hall–Kier alpha value is -0.900. The van der Waals surface area contributed by atoms with Crippen molar-refractivity contribution in [2.24, 2.45) is 22.7 Å². The quantitative estimate of drug-likeness (QED) is 0.593. The zero-order valence-electron chi connectivity index (χ0n) is 13.7. The molecule has 4 rings (SSSR count). The summed E-state index contributed by atoms with van der Waals surface area (Å²) in [5.41, 5.74) is -0.953. The van der Waals surface area contributed by atoms with Crippen molar-refractivity contribution in [2.75, 3.05) is 7.11 Å². The number of epoxide rings is 1. The van der Waals surface area contributed by atoms with Crippen LogP contribution in [0.25, 0.3) is 0 Å². The fraction of sp³-hybridized carbons (Fsp3) is 0.882. The van der Waals surface area contributed by atoms with Crippen LogP contribution in [0.4, 0.5) is 0 Å². The molecule has 5 atom stereocenters. The van der Waals surface area contributed by atoms with Gasteiger partial charge in [-0.05, 0) is 45.4 Å². The highest BCUT2D eigenvalue weighted by atomic mass is 16.6. The summed E-state index contributed by atoms with van der Waals surface area (Å²) in [7, 11) is 1.44. The van der Waals surface area contributed by atoms with E-state index in [1.807, 2.05) is 13.8 Å². The van der Waals surface area contributed by atoms with E-state index in [0.29, 0.717) is 12.2 Å². The Morgan fingerprint density at radius 2 is 1.95 bits per heavy atom. The number of esters is 1. The zero-order valence-corrected chi connectivity index (χ0v) is 13.7. The molecule has 1 heterocycles. The van der Waals surface area contributed by atoms with Crippen molar-refractivity contribution in [1.82, 2.24) is 0 Å². The Kier molecular flexibility index (Phi) is 3.08. The molecule has 118 valence electrons. The number of ether oxygens (including phenoxy) is 2. The van der Waals surface area contributed by atoms with E-state index >= 15 is 0 Å². The summed E-state index contributed by atoms with van der Waals surface area (Å²) in [6, 6.07) is 0. The Morgan fingerprint density at radius 1 is 1.33 bits per heavy atom. The lowest BCUT2D eigenvalue weighted by molar-refractivity contribution is -0.174.